The van der Waals surface area contributed by atoms with Crippen molar-refractivity contribution in [2.24, 2.45) is 11.8 Å². The normalized spacial score (nSPS) is 20.0. The van der Waals surface area contributed by atoms with E-state index in [-0.39, 0.29) is 11.9 Å². The summed E-state index contributed by atoms with van der Waals surface area (Å²) in [5.41, 5.74) is 1.37. The first-order chi connectivity index (χ1) is 13.0. The number of anilines is 1. The molecule has 1 atom stereocenters. The number of rotatable bonds is 6. The van der Waals surface area contributed by atoms with Crippen molar-refractivity contribution in [3.63, 3.8) is 0 Å². The van der Waals surface area contributed by atoms with Crippen LogP contribution in [0.25, 0.3) is 0 Å². The fourth-order valence-electron chi connectivity index (χ4n) is 3.98. The fraction of sp³-hybridized carbons (Fsp3) is 0.619. The third-order valence-corrected chi connectivity index (χ3v) is 5.81. The number of nitrogens with zero attached hydrogens (tertiary/aromatic N) is 2. The van der Waals surface area contributed by atoms with Gasteiger partial charge in [0.1, 0.15) is 0 Å². The number of hydrogen-bond donors (Lipinski definition) is 2. The molecule has 0 saturated carbocycles. The van der Waals surface area contributed by atoms with Crippen molar-refractivity contribution in [2.45, 2.75) is 39.7 Å². The molecule has 6 nitrogen and oxygen atoms in total. The van der Waals surface area contributed by atoms with Crippen LogP contribution in [0, 0.1) is 11.8 Å². The van der Waals surface area contributed by atoms with Crippen molar-refractivity contribution < 1.29 is 9.59 Å². The third-order valence-electron chi connectivity index (χ3n) is 5.81. The van der Waals surface area contributed by atoms with Crippen LogP contribution in [0.1, 0.15) is 44.0 Å². The zero-order chi connectivity index (χ0) is 19.4. The zero-order valence-corrected chi connectivity index (χ0v) is 16.7. The van der Waals surface area contributed by atoms with Gasteiger partial charge in [-0.05, 0) is 56.0 Å². The van der Waals surface area contributed by atoms with E-state index < -0.39 is 0 Å². The lowest BCUT2D eigenvalue weighted by atomic mass is 9.94. The van der Waals surface area contributed by atoms with Crippen molar-refractivity contribution in [2.75, 3.05) is 37.6 Å². The second-order valence-electron chi connectivity index (χ2n) is 8.17. The van der Waals surface area contributed by atoms with Crippen molar-refractivity contribution in [1.29, 1.82) is 0 Å². The molecule has 2 saturated heterocycles. The van der Waals surface area contributed by atoms with Crippen LogP contribution in [0.5, 0.6) is 0 Å². The molecule has 0 spiro atoms. The number of urea groups is 1. The Morgan fingerprint density at radius 3 is 2.63 bits per heavy atom. The zero-order valence-electron chi connectivity index (χ0n) is 16.7. The molecule has 1 aromatic rings. The maximum Gasteiger partial charge on any atom is 0.321 e. The first-order valence-corrected chi connectivity index (χ1v) is 10.1. The van der Waals surface area contributed by atoms with Gasteiger partial charge in [0.25, 0.3) is 5.91 Å². The van der Waals surface area contributed by atoms with Crippen LogP contribution in [0.15, 0.2) is 24.3 Å². The van der Waals surface area contributed by atoms with E-state index in [1.807, 2.05) is 12.1 Å². The molecule has 2 N–H and O–H groups in total. The van der Waals surface area contributed by atoms with Gasteiger partial charge in [-0.3, -0.25) is 14.6 Å². The molecule has 6 heteroatoms. The lowest BCUT2D eigenvalue weighted by Crippen LogP contribution is -2.49. The second kappa shape index (κ2) is 8.74. The topological polar surface area (TPSA) is 64.7 Å². The van der Waals surface area contributed by atoms with Gasteiger partial charge in [-0.1, -0.05) is 26.8 Å². The van der Waals surface area contributed by atoms with Crippen LogP contribution < -0.4 is 15.5 Å². The number of carbonyl (C=O) groups excluding carboxylic acids is 2. The first kappa shape index (κ1) is 19.7. The van der Waals surface area contributed by atoms with Crippen LogP contribution >= 0.6 is 0 Å². The van der Waals surface area contributed by atoms with E-state index in [1.165, 1.54) is 12.8 Å². The highest BCUT2D eigenvalue weighted by atomic mass is 16.2. The Hall–Kier alpha value is -2.08. The van der Waals surface area contributed by atoms with E-state index >= 15 is 0 Å². The summed E-state index contributed by atoms with van der Waals surface area (Å²) in [6, 6.07) is 7.56. The molecule has 148 valence electrons. The molecule has 1 aromatic carbocycles. The molecule has 3 rings (SSSR count). The minimum absolute atomic E-state index is 0.0764. The number of nitrogens with one attached hydrogen (secondary N) is 2. The summed E-state index contributed by atoms with van der Waals surface area (Å²) in [7, 11) is 0. The Morgan fingerprint density at radius 1 is 1.26 bits per heavy atom. The number of amides is 3. The lowest BCUT2D eigenvalue weighted by molar-refractivity contribution is 0.0863. The highest BCUT2D eigenvalue weighted by Crippen LogP contribution is 2.22. The molecule has 0 aromatic heterocycles. The Kier molecular flexibility index (Phi) is 6.37. The van der Waals surface area contributed by atoms with Gasteiger partial charge in [0.2, 0.25) is 0 Å². The van der Waals surface area contributed by atoms with Gasteiger partial charge < -0.3 is 10.6 Å². The molecular formula is C21H32N4O2. The largest absolute Gasteiger partial charge is 0.350 e. The predicted octanol–water partition coefficient (Wildman–Crippen LogP) is 2.70. The van der Waals surface area contributed by atoms with Crippen molar-refractivity contribution in [3.8, 4) is 0 Å². The van der Waals surface area contributed by atoms with E-state index in [4.69, 9.17) is 0 Å². The molecule has 0 radical (unpaired) electrons. The molecule has 3 amide bonds. The van der Waals surface area contributed by atoms with Gasteiger partial charge in [0.05, 0.1) is 0 Å². The summed E-state index contributed by atoms with van der Waals surface area (Å²) in [5.74, 6) is 1.21. The molecule has 2 aliphatic heterocycles. The molecule has 2 aliphatic rings. The SMILES string of the molecule is CC1CCN(C(CNC(=O)c2cccc(N3CCNC3=O)c2)C(C)C)CC1. The van der Waals surface area contributed by atoms with Gasteiger partial charge in [-0.25, -0.2) is 4.79 Å². The summed E-state index contributed by atoms with van der Waals surface area (Å²) in [6.45, 7) is 10.9. The number of benzene rings is 1. The first-order valence-electron chi connectivity index (χ1n) is 10.1. The van der Waals surface area contributed by atoms with E-state index in [0.717, 1.165) is 24.7 Å². The molecule has 0 bridgehead atoms. The Balaban J connectivity index is 1.61. The van der Waals surface area contributed by atoms with Gasteiger partial charge in [0, 0.05) is 36.9 Å². The minimum atomic E-state index is -0.105. The Bertz CT molecular complexity index is 668. The Morgan fingerprint density at radius 2 is 2.00 bits per heavy atom. The van der Waals surface area contributed by atoms with Crippen molar-refractivity contribution >= 4 is 17.6 Å². The van der Waals surface area contributed by atoms with Gasteiger partial charge in [0.15, 0.2) is 0 Å². The average molecular weight is 373 g/mol. The van der Waals surface area contributed by atoms with E-state index in [1.54, 1.807) is 17.0 Å². The highest BCUT2D eigenvalue weighted by molar-refractivity contribution is 5.98. The van der Waals surface area contributed by atoms with Crippen molar-refractivity contribution in [3.05, 3.63) is 29.8 Å². The average Bonchev–Trinajstić information content (AvgIpc) is 3.09. The molecule has 27 heavy (non-hydrogen) atoms. The summed E-state index contributed by atoms with van der Waals surface area (Å²) in [5, 5.41) is 5.91. The summed E-state index contributed by atoms with van der Waals surface area (Å²) in [4.78, 5) is 28.8. The molecule has 2 fully saturated rings. The Labute approximate surface area is 162 Å². The van der Waals surface area contributed by atoms with E-state index in [0.29, 0.717) is 37.2 Å². The number of hydrogen-bond acceptors (Lipinski definition) is 3. The monoisotopic (exact) mass is 372 g/mol. The summed E-state index contributed by atoms with van der Waals surface area (Å²) < 4.78 is 0. The van der Waals surface area contributed by atoms with Crippen LogP contribution in [-0.4, -0.2) is 55.6 Å². The number of piperidine rings is 1. The quantitative estimate of drug-likeness (QED) is 0.807. The van der Waals surface area contributed by atoms with Gasteiger partial charge in [-0.2, -0.15) is 0 Å². The van der Waals surface area contributed by atoms with Gasteiger partial charge in [-0.15, -0.1) is 0 Å². The van der Waals surface area contributed by atoms with Crippen LogP contribution in [0.2, 0.25) is 0 Å². The molecule has 1 unspecified atom stereocenters. The maximum absolute atomic E-state index is 12.7. The summed E-state index contributed by atoms with van der Waals surface area (Å²) in [6.07, 6.45) is 2.47. The van der Waals surface area contributed by atoms with Crippen LogP contribution in [0.4, 0.5) is 10.5 Å². The van der Waals surface area contributed by atoms with E-state index in [9.17, 15) is 9.59 Å². The summed E-state index contributed by atoms with van der Waals surface area (Å²) >= 11 is 0. The maximum atomic E-state index is 12.7. The smallest absolute Gasteiger partial charge is 0.321 e. The number of carbonyl (C=O) groups is 2. The van der Waals surface area contributed by atoms with Crippen LogP contribution in [0.3, 0.4) is 0 Å². The van der Waals surface area contributed by atoms with Crippen LogP contribution in [-0.2, 0) is 0 Å². The molecule has 2 heterocycles. The molecule has 0 aliphatic carbocycles. The minimum Gasteiger partial charge on any atom is -0.350 e. The van der Waals surface area contributed by atoms with Crippen molar-refractivity contribution in [1.82, 2.24) is 15.5 Å². The standard InChI is InChI=1S/C21H32N4O2/c1-15(2)19(24-10-7-16(3)8-11-24)14-23-20(26)17-5-4-6-18(13-17)25-12-9-22-21(25)27/h4-6,13,15-16,19H,7-12,14H2,1-3H3,(H,22,27)(H,23,26). The lowest BCUT2D eigenvalue weighted by Gasteiger charge is -2.38. The predicted molar refractivity (Wildman–Crippen MR) is 108 cm³/mol. The third kappa shape index (κ3) is 4.80. The molecular weight excluding hydrogens is 340 g/mol. The second-order valence-corrected chi connectivity index (χ2v) is 8.17. The van der Waals surface area contributed by atoms with E-state index in [2.05, 4.69) is 36.3 Å². The highest BCUT2D eigenvalue weighted by Gasteiger charge is 2.26. The fourth-order valence-corrected chi connectivity index (χ4v) is 3.98. The van der Waals surface area contributed by atoms with Gasteiger partial charge >= 0.3 is 6.03 Å². The number of likely N-dealkylation sites (tertiary alicyclic amines) is 1.